The second kappa shape index (κ2) is 7.08. The van der Waals surface area contributed by atoms with Gasteiger partial charge in [-0.25, -0.2) is 4.99 Å². The third kappa shape index (κ3) is 3.31. The number of para-hydroxylation sites is 2. The highest BCUT2D eigenvalue weighted by Gasteiger charge is 2.40. The Hall–Kier alpha value is -2.40. The molecule has 0 saturated carbocycles. The van der Waals surface area contributed by atoms with Gasteiger partial charge in [0.25, 0.3) is 0 Å². The molecule has 4 nitrogen and oxygen atoms in total. The van der Waals surface area contributed by atoms with E-state index in [1.807, 2.05) is 42.1 Å². The number of rotatable bonds is 3. The lowest BCUT2D eigenvalue weighted by Gasteiger charge is -2.42. The molecule has 0 amide bonds. The first-order valence-electron chi connectivity index (χ1n) is 8.91. The topological polar surface area (TPSA) is 56.6 Å². The summed E-state index contributed by atoms with van der Waals surface area (Å²) >= 11 is 2.01. The normalized spacial score (nSPS) is 17.8. The molecule has 4 rings (SSSR count). The lowest BCUT2D eigenvalue weighted by Crippen LogP contribution is -2.55. The highest BCUT2D eigenvalue weighted by Crippen LogP contribution is 2.39. The maximum Gasteiger partial charge on any atom is 0.128 e. The Balaban J connectivity index is 1.57. The predicted molar refractivity (Wildman–Crippen MR) is 111 cm³/mol. The SMILES string of the molecule is C=C(O)c1ccc(CNC2=Nc3ccccc3NC23CCSCC3)cc1. The summed E-state index contributed by atoms with van der Waals surface area (Å²) in [6.07, 6.45) is 2.14. The molecule has 2 heterocycles. The van der Waals surface area contributed by atoms with Gasteiger partial charge in [0.15, 0.2) is 0 Å². The van der Waals surface area contributed by atoms with E-state index in [0.29, 0.717) is 6.54 Å². The Morgan fingerprint density at radius 3 is 2.62 bits per heavy atom. The number of hydrogen-bond acceptors (Lipinski definition) is 5. The van der Waals surface area contributed by atoms with Crippen LogP contribution in [0.5, 0.6) is 0 Å². The molecular formula is C21H23N3OS. The molecule has 0 radical (unpaired) electrons. The number of aliphatic imine (C=N–C) groups is 1. The van der Waals surface area contributed by atoms with Crippen molar-refractivity contribution in [3.05, 3.63) is 66.2 Å². The lowest BCUT2D eigenvalue weighted by molar-refractivity contribution is 0.514. The Morgan fingerprint density at radius 2 is 1.88 bits per heavy atom. The van der Waals surface area contributed by atoms with Gasteiger partial charge >= 0.3 is 0 Å². The van der Waals surface area contributed by atoms with Gasteiger partial charge in [0, 0.05) is 12.1 Å². The molecule has 134 valence electrons. The monoisotopic (exact) mass is 365 g/mol. The van der Waals surface area contributed by atoms with Crippen LogP contribution in [-0.2, 0) is 6.54 Å². The minimum Gasteiger partial charge on any atom is -0.508 e. The van der Waals surface area contributed by atoms with E-state index in [1.165, 1.54) is 0 Å². The largest absolute Gasteiger partial charge is 0.508 e. The lowest BCUT2D eigenvalue weighted by atomic mass is 9.88. The van der Waals surface area contributed by atoms with E-state index in [-0.39, 0.29) is 11.3 Å². The maximum atomic E-state index is 9.47. The number of hydrogen-bond donors (Lipinski definition) is 3. The van der Waals surface area contributed by atoms with Crippen LogP contribution < -0.4 is 10.6 Å². The average molecular weight is 366 g/mol. The number of benzene rings is 2. The number of amidine groups is 1. The molecule has 0 atom stereocenters. The minimum atomic E-state index is -0.0983. The Morgan fingerprint density at radius 1 is 1.15 bits per heavy atom. The number of aliphatic hydroxyl groups is 1. The van der Waals surface area contributed by atoms with Gasteiger partial charge in [0.2, 0.25) is 0 Å². The minimum absolute atomic E-state index is 0.0978. The molecule has 0 bridgehead atoms. The number of anilines is 1. The fraction of sp³-hybridized carbons (Fsp3) is 0.286. The van der Waals surface area contributed by atoms with Crippen molar-refractivity contribution in [2.24, 2.45) is 4.99 Å². The van der Waals surface area contributed by atoms with E-state index in [0.717, 1.165) is 52.7 Å². The van der Waals surface area contributed by atoms with Crippen molar-refractivity contribution in [2.75, 3.05) is 16.8 Å². The first kappa shape index (κ1) is 17.0. The third-order valence-corrected chi connectivity index (χ3v) is 6.04. The van der Waals surface area contributed by atoms with Gasteiger partial charge in [0.05, 0.1) is 16.9 Å². The van der Waals surface area contributed by atoms with Gasteiger partial charge < -0.3 is 15.7 Å². The second-order valence-electron chi connectivity index (χ2n) is 6.79. The van der Waals surface area contributed by atoms with E-state index in [4.69, 9.17) is 4.99 Å². The van der Waals surface area contributed by atoms with Crippen molar-refractivity contribution < 1.29 is 5.11 Å². The van der Waals surface area contributed by atoms with Crippen LogP contribution in [0.2, 0.25) is 0 Å². The summed E-state index contributed by atoms with van der Waals surface area (Å²) in [5, 5.41) is 16.8. The molecule has 2 aromatic rings. The van der Waals surface area contributed by atoms with Gasteiger partial charge in [0.1, 0.15) is 11.6 Å². The van der Waals surface area contributed by atoms with Crippen molar-refractivity contribution in [3.63, 3.8) is 0 Å². The van der Waals surface area contributed by atoms with Crippen molar-refractivity contribution in [1.29, 1.82) is 0 Å². The molecule has 2 aliphatic heterocycles. The van der Waals surface area contributed by atoms with Crippen LogP contribution in [-0.4, -0.2) is 28.0 Å². The molecule has 0 unspecified atom stereocenters. The van der Waals surface area contributed by atoms with E-state index in [9.17, 15) is 5.11 Å². The van der Waals surface area contributed by atoms with Crippen LogP contribution in [0.25, 0.3) is 5.76 Å². The Kier molecular flexibility index (Phi) is 4.64. The molecule has 2 aromatic carbocycles. The van der Waals surface area contributed by atoms with Gasteiger partial charge in [-0.3, -0.25) is 0 Å². The van der Waals surface area contributed by atoms with Crippen LogP contribution in [0.1, 0.15) is 24.0 Å². The second-order valence-corrected chi connectivity index (χ2v) is 8.02. The fourth-order valence-corrected chi connectivity index (χ4v) is 4.70. The van der Waals surface area contributed by atoms with Gasteiger partial charge in [-0.2, -0.15) is 11.8 Å². The van der Waals surface area contributed by atoms with Crippen LogP contribution in [0, 0.1) is 0 Å². The van der Waals surface area contributed by atoms with Crippen molar-refractivity contribution in [3.8, 4) is 0 Å². The van der Waals surface area contributed by atoms with Crippen LogP contribution in [0.3, 0.4) is 0 Å². The highest BCUT2D eigenvalue weighted by atomic mass is 32.2. The Bertz CT molecular complexity index is 839. The zero-order valence-corrected chi connectivity index (χ0v) is 15.5. The van der Waals surface area contributed by atoms with E-state index in [1.54, 1.807) is 0 Å². The standard InChI is InChI=1S/C21H23N3OS/c1-15(25)17-8-6-16(7-9-17)14-22-20-21(10-12-26-13-11-21)24-19-5-3-2-4-18(19)23-20/h2-9,24-25H,1,10-14H2,(H,22,23). The van der Waals surface area contributed by atoms with E-state index < -0.39 is 0 Å². The molecule has 1 saturated heterocycles. The van der Waals surface area contributed by atoms with Gasteiger partial charge in [-0.05, 0) is 42.0 Å². The first-order valence-corrected chi connectivity index (χ1v) is 10.1. The highest BCUT2D eigenvalue weighted by molar-refractivity contribution is 7.99. The third-order valence-electron chi connectivity index (χ3n) is 5.06. The van der Waals surface area contributed by atoms with Crippen LogP contribution >= 0.6 is 11.8 Å². The zero-order chi connectivity index (χ0) is 18.0. The number of nitrogens with one attached hydrogen (secondary N) is 2. The molecular weight excluding hydrogens is 342 g/mol. The van der Waals surface area contributed by atoms with Crippen LogP contribution in [0.4, 0.5) is 11.4 Å². The summed E-state index contributed by atoms with van der Waals surface area (Å²) in [4.78, 5) is 4.96. The van der Waals surface area contributed by atoms with E-state index in [2.05, 4.69) is 35.4 Å². The molecule has 1 spiro atoms. The molecule has 5 heteroatoms. The van der Waals surface area contributed by atoms with Gasteiger partial charge in [-0.15, -0.1) is 0 Å². The summed E-state index contributed by atoms with van der Waals surface area (Å²) in [6.45, 7) is 4.27. The summed E-state index contributed by atoms with van der Waals surface area (Å²) in [5.74, 6) is 3.42. The van der Waals surface area contributed by atoms with E-state index >= 15 is 0 Å². The average Bonchev–Trinajstić information content (AvgIpc) is 2.67. The molecule has 3 N–H and O–H groups in total. The molecule has 26 heavy (non-hydrogen) atoms. The van der Waals surface area contributed by atoms with Crippen molar-refractivity contribution in [2.45, 2.75) is 24.9 Å². The Labute approximate surface area is 158 Å². The number of thioether (sulfide) groups is 1. The fourth-order valence-electron chi connectivity index (χ4n) is 3.51. The molecule has 1 fully saturated rings. The summed E-state index contributed by atoms with van der Waals surface area (Å²) < 4.78 is 0. The summed E-state index contributed by atoms with van der Waals surface area (Å²) in [5.41, 5.74) is 3.91. The van der Waals surface area contributed by atoms with Crippen molar-refractivity contribution in [1.82, 2.24) is 5.32 Å². The number of aliphatic hydroxyl groups excluding tert-OH is 1. The van der Waals surface area contributed by atoms with Crippen molar-refractivity contribution >= 4 is 34.7 Å². The summed E-state index contributed by atoms with van der Waals surface area (Å²) in [6, 6.07) is 16.1. The smallest absolute Gasteiger partial charge is 0.128 e. The first-order chi connectivity index (χ1) is 12.7. The number of nitrogens with zero attached hydrogens (tertiary/aromatic N) is 1. The molecule has 0 aliphatic carbocycles. The molecule has 2 aliphatic rings. The zero-order valence-electron chi connectivity index (χ0n) is 14.7. The molecule has 0 aromatic heterocycles. The van der Waals surface area contributed by atoms with Gasteiger partial charge in [-0.1, -0.05) is 43.0 Å². The van der Waals surface area contributed by atoms with Crippen LogP contribution in [0.15, 0.2) is 60.1 Å². The predicted octanol–water partition coefficient (Wildman–Crippen LogP) is 4.73. The summed E-state index contributed by atoms with van der Waals surface area (Å²) in [7, 11) is 0. The quantitative estimate of drug-likeness (QED) is 0.689. The maximum absolute atomic E-state index is 9.47. The number of fused-ring (bicyclic) bond motifs is 1.